The summed E-state index contributed by atoms with van der Waals surface area (Å²) in [5.74, 6) is 1.01. The first-order valence-corrected chi connectivity index (χ1v) is 6.97. The molecular formula is C11H13N5O2S. The Bertz CT molecular complexity index is 581. The molecule has 0 atom stereocenters. The van der Waals surface area contributed by atoms with Gasteiger partial charge in [0.1, 0.15) is 0 Å². The molecule has 1 fully saturated rings. The highest BCUT2D eigenvalue weighted by Gasteiger charge is 2.18. The minimum absolute atomic E-state index is 0.106. The Morgan fingerprint density at radius 2 is 2.21 bits per heavy atom. The number of carbonyl (C=O) groups excluding carboxylic acids is 1. The molecule has 3 heterocycles. The number of amides is 1. The average molecular weight is 279 g/mol. The van der Waals surface area contributed by atoms with E-state index in [-0.39, 0.29) is 5.91 Å². The topological polar surface area (TPSA) is 72.6 Å². The summed E-state index contributed by atoms with van der Waals surface area (Å²) in [6, 6.07) is 1.81. The number of hydrogen-bond donors (Lipinski definition) is 0. The van der Waals surface area contributed by atoms with E-state index in [1.807, 2.05) is 17.2 Å². The third-order valence-electron chi connectivity index (χ3n) is 2.85. The van der Waals surface area contributed by atoms with Crippen LogP contribution in [0, 0.1) is 0 Å². The minimum atomic E-state index is 0.106. The van der Waals surface area contributed by atoms with Crippen molar-refractivity contribution in [3.8, 4) is 0 Å². The highest BCUT2D eigenvalue weighted by Crippen LogP contribution is 2.16. The summed E-state index contributed by atoms with van der Waals surface area (Å²) in [4.78, 5) is 17.9. The van der Waals surface area contributed by atoms with Crippen molar-refractivity contribution in [1.82, 2.24) is 24.5 Å². The van der Waals surface area contributed by atoms with Crippen molar-refractivity contribution in [2.75, 3.05) is 32.1 Å². The Labute approximate surface area is 114 Å². The average Bonchev–Trinajstić information content (AvgIpc) is 2.89. The highest BCUT2D eigenvalue weighted by atomic mass is 32.2. The normalized spacial score (nSPS) is 15.9. The van der Waals surface area contributed by atoms with E-state index in [1.165, 1.54) is 11.8 Å². The van der Waals surface area contributed by atoms with Gasteiger partial charge < -0.3 is 9.64 Å². The van der Waals surface area contributed by atoms with Crippen LogP contribution < -0.4 is 0 Å². The molecule has 0 aliphatic carbocycles. The predicted octanol–water partition coefficient (Wildman–Crippen LogP) is 0.0752. The summed E-state index contributed by atoms with van der Waals surface area (Å²) in [5.41, 5.74) is 0. The molecule has 1 saturated heterocycles. The van der Waals surface area contributed by atoms with Crippen LogP contribution in [0.15, 0.2) is 23.6 Å². The van der Waals surface area contributed by atoms with Gasteiger partial charge in [-0.25, -0.2) is 4.98 Å². The Hall–Kier alpha value is -1.67. The van der Waals surface area contributed by atoms with E-state index >= 15 is 0 Å². The number of fused-ring (bicyclic) bond motifs is 1. The van der Waals surface area contributed by atoms with Crippen molar-refractivity contribution < 1.29 is 9.53 Å². The van der Waals surface area contributed by atoms with E-state index in [4.69, 9.17) is 4.74 Å². The van der Waals surface area contributed by atoms with E-state index in [9.17, 15) is 4.79 Å². The molecule has 3 rings (SSSR count). The van der Waals surface area contributed by atoms with Crippen molar-refractivity contribution in [2.45, 2.75) is 5.16 Å². The van der Waals surface area contributed by atoms with Gasteiger partial charge in [-0.1, -0.05) is 11.8 Å². The second-order valence-corrected chi connectivity index (χ2v) is 5.00. The number of hydrogen-bond acceptors (Lipinski definition) is 6. The standard InChI is InChI=1S/C11H13N5O2S/c17-9(15-4-6-18-7-5-15)8-19-11-14-13-10-12-2-1-3-16(10)11/h1-3H,4-8H2. The van der Waals surface area contributed by atoms with Gasteiger partial charge in [-0.15, -0.1) is 10.2 Å². The first kappa shape index (κ1) is 12.4. The van der Waals surface area contributed by atoms with Crippen molar-refractivity contribution >= 4 is 23.4 Å². The second kappa shape index (κ2) is 5.54. The lowest BCUT2D eigenvalue weighted by atomic mass is 10.4. The van der Waals surface area contributed by atoms with Crippen LogP contribution in [0.3, 0.4) is 0 Å². The van der Waals surface area contributed by atoms with Gasteiger partial charge in [0, 0.05) is 25.5 Å². The zero-order chi connectivity index (χ0) is 13.1. The SMILES string of the molecule is O=C(CSc1nnc2ncccn12)N1CCOCC1. The first-order chi connectivity index (χ1) is 9.34. The molecule has 0 N–H and O–H groups in total. The maximum atomic E-state index is 12.0. The third-order valence-corrected chi connectivity index (χ3v) is 3.77. The fourth-order valence-electron chi connectivity index (χ4n) is 1.85. The Balaban J connectivity index is 1.64. The Morgan fingerprint density at radius 3 is 3.05 bits per heavy atom. The molecule has 0 spiro atoms. The van der Waals surface area contributed by atoms with Crippen LogP contribution in [0.4, 0.5) is 0 Å². The van der Waals surface area contributed by atoms with Crippen molar-refractivity contribution in [1.29, 1.82) is 0 Å². The van der Waals surface area contributed by atoms with E-state index in [0.717, 1.165) is 0 Å². The van der Waals surface area contributed by atoms with Gasteiger partial charge in [0.05, 0.1) is 19.0 Å². The zero-order valence-corrected chi connectivity index (χ0v) is 11.0. The number of thioether (sulfide) groups is 1. The first-order valence-electron chi connectivity index (χ1n) is 5.98. The summed E-state index contributed by atoms with van der Waals surface area (Å²) in [6.07, 6.45) is 3.50. The smallest absolute Gasteiger partial charge is 0.255 e. The van der Waals surface area contributed by atoms with E-state index < -0.39 is 0 Å². The van der Waals surface area contributed by atoms with Crippen LogP contribution in [0.5, 0.6) is 0 Å². The van der Waals surface area contributed by atoms with Crippen LogP contribution in [0.1, 0.15) is 0 Å². The van der Waals surface area contributed by atoms with Crippen LogP contribution in [-0.4, -0.2) is 62.4 Å². The van der Waals surface area contributed by atoms with Gasteiger partial charge in [0.2, 0.25) is 5.91 Å². The number of aromatic nitrogens is 4. The highest BCUT2D eigenvalue weighted by molar-refractivity contribution is 7.99. The van der Waals surface area contributed by atoms with Crippen molar-refractivity contribution in [3.63, 3.8) is 0 Å². The Kier molecular flexibility index (Phi) is 3.60. The number of morpholine rings is 1. The van der Waals surface area contributed by atoms with Gasteiger partial charge in [-0.05, 0) is 6.07 Å². The summed E-state index contributed by atoms with van der Waals surface area (Å²) in [6.45, 7) is 2.57. The lowest BCUT2D eigenvalue weighted by Crippen LogP contribution is -2.41. The summed E-state index contributed by atoms with van der Waals surface area (Å²) in [7, 11) is 0. The maximum Gasteiger partial charge on any atom is 0.255 e. The molecule has 0 bridgehead atoms. The monoisotopic (exact) mass is 279 g/mol. The molecule has 1 amide bonds. The van der Waals surface area contributed by atoms with E-state index in [1.54, 1.807) is 10.6 Å². The molecule has 0 unspecified atom stereocenters. The molecule has 19 heavy (non-hydrogen) atoms. The molecule has 7 nitrogen and oxygen atoms in total. The quantitative estimate of drug-likeness (QED) is 0.741. The molecule has 0 saturated carbocycles. The molecule has 100 valence electrons. The zero-order valence-electron chi connectivity index (χ0n) is 10.2. The van der Waals surface area contributed by atoms with E-state index in [0.29, 0.717) is 43.0 Å². The number of ether oxygens (including phenoxy) is 1. The number of carbonyl (C=O) groups is 1. The molecule has 1 aliphatic rings. The summed E-state index contributed by atoms with van der Waals surface area (Å²) >= 11 is 1.38. The largest absolute Gasteiger partial charge is 0.378 e. The molecule has 0 radical (unpaired) electrons. The molecular weight excluding hydrogens is 266 g/mol. The van der Waals surface area contributed by atoms with Gasteiger partial charge >= 0.3 is 0 Å². The van der Waals surface area contributed by atoms with Crippen LogP contribution in [-0.2, 0) is 9.53 Å². The van der Waals surface area contributed by atoms with Crippen LogP contribution in [0.2, 0.25) is 0 Å². The molecule has 0 aromatic carbocycles. The lowest BCUT2D eigenvalue weighted by Gasteiger charge is -2.26. The minimum Gasteiger partial charge on any atom is -0.378 e. The summed E-state index contributed by atoms with van der Waals surface area (Å²) in [5, 5.41) is 8.66. The number of rotatable bonds is 3. The maximum absolute atomic E-state index is 12.0. The molecule has 8 heteroatoms. The van der Waals surface area contributed by atoms with Crippen molar-refractivity contribution in [3.05, 3.63) is 18.5 Å². The number of nitrogens with zero attached hydrogens (tertiary/aromatic N) is 5. The third kappa shape index (κ3) is 2.69. The Morgan fingerprint density at radius 1 is 1.37 bits per heavy atom. The van der Waals surface area contributed by atoms with Gasteiger partial charge in [-0.3, -0.25) is 9.20 Å². The lowest BCUT2D eigenvalue weighted by molar-refractivity contribution is -0.132. The fourth-order valence-corrected chi connectivity index (χ4v) is 2.67. The fraction of sp³-hybridized carbons (Fsp3) is 0.455. The van der Waals surface area contributed by atoms with Gasteiger partial charge in [-0.2, -0.15) is 0 Å². The molecule has 2 aromatic heterocycles. The second-order valence-electron chi connectivity index (χ2n) is 4.05. The predicted molar refractivity (Wildman–Crippen MR) is 68.9 cm³/mol. The van der Waals surface area contributed by atoms with E-state index in [2.05, 4.69) is 15.2 Å². The summed E-state index contributed by atoms with van der Waals surface area (Å²) < 4.78 is 7.00. The van der Waals surface area contributed by atoms with Crippen LogP contribution >= 0.6 is 11.8 Å². The molecule has 1 aliphatic heterocycles. The molecule has 2 aromatic rings. The van der Waals surface area contributed by atoms with Gasteiger partial charge in [0.25, 0.3) is 5.78 Å². The van der Waals surface area contributed by atoms with Gasteiger partial charge in [0.15, 0.2) is 5.16 Å². The van der Waals surface area contributed by atoms with Crippen molar-refractivity contribution in [2.24, 2.45) is 0 Å². The van der Waals surface area contributed by atoms with Crippen LogP contribution in [0.25, 0.3) is 5.78 Å².